The molecule has 2 rings (SSSR count). The minimum Gasteiger partial charge on any atom is -0.434 e. The molecule has 0 spiro atoms. The second-order valence-electron chi connectivity index (χ2n) is 6.48. The Hall–Kier alpha value is -1.01. The van der Waals surface area contributed by atoms with E-state index in [0.717, 1.165) is 12.8 Å². The van der Waals surface area contributed by atoms with E-state index in [-0.39, 0.29) is 32.0 Å². The highest BCUT2D eigenvalue weighted by Gasteiger charge is 2.43. The quantitative estimate of drug-likeness (QED) is 0.303. The summed E-state index contributed by atoms with van der Waals surface area (Å²) < 4.78 is 25.8. The van der Waals surface area contributed by atoms with Gasteiger partial charge in [-0.3, -0.25) is 0 Å². The van der Waals surface area contributed by atoms with Crippen molar-refractivity contribution in [2.45, 2.75) is 69.1 Å². The fraction of sp³-hybridized carbons (Fsp3) is 0.938. The largest absolute Gasteiger partial charge is 0.508 e. The zero-order chi connectivity index (χ0) is 19.1. The molecule has 2 aliphatic rings. The second-order valence-corrected chi connectivity index (χ2v) is 6.48. The second kappa shape index (κ2) is 10.4. The molecule has 10 heteroatoms. The first kappa shape index (κ1) is 21.3. The van der Waals surface area contributed by atoms with Crippen LogP contribution < -0.4 is 0 Å². The normalized spacial score (nSPS) is 37.5. The van der Waals surface area contributed by atoms with Crippen molar-refractivity contribution in [1.29, 1.82) is 0 Å². The average molecular weight is 380 g/mol. The van der Waals surface area contributed by atoms with Crippen molar-refractivity contribution in [3.05, 3.63) is 0 Å². The van der Waals surface area contributed by atoms with Crippen molar-refractivity contribution in [3.8, 4) is 0 Å². The zero-order valence-electron chi connectivity index (χ0n) is 14.7. The number of ether oxygens (including phenoxy) is 5. The molecule has 2 fully saturated rings. The van der Waals surface area contributed by atoms with E-state index in [1.165, 1.54) is 0 Å². The van der Waals surface area contributed by atoms with Gasteiger partial charge in [0, 0.05) is 6.42 Å². The van der Waals surface area contributed by atoms with Gasteiger partial charge >= 0.3 is 6.16 Å². The Kier molecular flexibility index (Phi) is 8.48. The Morgan fingerprint density at radius 2 is 1.81 bits per heavy atom. The van der Waals surface area contributed by atoms with Crippen LogP contribution in [0.3, 0.4) is 0 Å². The molecule has 0 aromatic rings. The molecule has 26 heavy (non-hydrogen) atoms. The lowest BCUT2D eigenvalue weighted by atomic mass is 9.99. The highest BCUT2D eigenvalue weighted by Crippen LogP contribution is 2.22. The van der Waals surface area contributed by atoms with Crippen LogP contribution in [0.2, 0.25) is 0 Å². The molecule has 7 atom stereocenters. The molecule has 0 aromatic carbocycles. The number of carbonyl (C=O) groups is 1. The molecule has 10 nitrogen and oxygen atoms in total. The molecule has 4 N–H and O–H groups in total. The number of carbonyl (C=O) groups excluding carboxylic acids is 1. The van der Waals surface area contributed by atoms with Crippen LogP contribution in [-0.2, 0) is 23.7 Å². The minimum atomic E-state index is -1.49. The standard InChI is InChI=1S/C16H28O10/c1-9-3-4-10(25-9)8-24-16(21)23-6-2-5-22-15-14(20)13(19)12(18)11(7-17)26-15/h9-15,17-20H,2-8H2,1H3. The fourth-order valence-corrected chi connectivity index (χ4v) is 2.83. The molecule has 7 unspecified atom stereocenters. The van der Waals surface area contributed by atoms with Crippen molar-refractivity contribution >= 4 is 6.16 Å². The van der Waals surface area contributed by atoms with E-state index in [1.807, 2.05) is 6.92 Å². The van der Waals surface area contributed by atoms with Gasteiger partial charge < -0.3 is 44.1 Å². The smallest absolute Gasteiger partial charge is 0.434 e. The first-order valence-electron chi connectivity index (χ1n) is 8.79. The van der Waals surface area contributed by atoms with Gasteiger partial charge in [0.2, 0.25) is 0 Å². The Bertz CT molecular complexity index is 431. The summed E-state index contributed by atoms with van der Waals surface area (Å²) in [5.41, 5.74) is 0. The third kappa shape index (κ3) is 6.02. The van der Waals surface area contributed by atoms with E-state index in [9.17, 15) is 20.1 Å². The van der Waals surface area contributed by atoms with Crippen LogP contribution in [0.15, 0.2) is 0 Å². The van der Waals surface area contributed by atoms with Gasteiger partial charge in [0.1, 0.15) is 31.0 Å². The molecule has 2 heterocycles. The molecule has 0 radical (unpaired) electrons. The summed E-state index contributed by atoms with van der Waals surface area (Å²) in [6, 6.07) is 0. The van der Waals surface area contributed by atoms with Crippen molar-refractivity contribution in [2.24, 2.45) is 0 Å². The Morgan fingerprint density at radius 1 is 1.04 bits per heavy atom. The van der Waals surface area contributed by atoms with Crippen molar-refractivity contribution in [2.75, 3.05) is 26.4 Å². The van der Waals surface area contributed by atoms with E-state index in [2.05, 4.69) is 0 Å². The Labute approximate surface area is 151 Å². The number of rotatable bonds is 8. The van der Waals surface area contributed by atoms with Crippen LogP contribution in [0.5, 0.6) is 0 Å². The summed E-state index contributed by atoms with van der Waals surface area (Å²) in [5.74, 6) is 0. The summed E-state index contributed by atoms with van der Waals surface area (Å²) in [7, 11) is 0. The SMILES string of the molecule is CC1CCC(COC(=O)OCCCOC2OC(CO)C(O)C(O)C2O)O1. The van der Waals surface area contributed by atoms with Crippen molar-refractivity contribution in [1.82, 2.24) is 0 Å². The lowest BCUT2D eigenvalue weighted by Gasteiger charge is -2.39. The molecule has 0 aromatic heterocycles. The molecule has 0 saturated carbocycles. The van der Waals surface area contributed by atoms with Crippen LogP contribution in [0.1, 0.15) is 26.2 Å². The molecule has 0 amide bonds. The summed E-state index contributed by atoms with van der Waals surface area (Å²) in [5, 5.41) is 38.2. The van der Waals surface area contributed by atoms with Crippen molar-refractivity contribution < 1.29 is 48.9 Å². The third-order valence-electron chi connectivity index (χ3n) is 4.35. The van der Waals surface area contributed by atoms with Gasteiger partial charge in [-0.15, -0.1) is 0 Å². The summed E-state index contributed by atoms with van der Waals surface area (Å²) in [4.78, 5) is 11.5. The number of aliphatic hydroxyl groups excluding tert-OH is 4. The van der Waals surface area contributed by atoms with Crippen LogP contribution in [0.25, 0.3) is 0 Å². The highest BCUT2D eigenvalue weighted by molar-refractivity contribution is 5.59. The molecule has 0 aliphatic carbocycles. The maximum atomic E-state index is 11.5. The highest BCUT2D eigenvalue weighted by atomic mass is 16.7. The van der Waals surface area contributed by atoms with Gasteiger partial charge in [-0.1, -0.05) is 0 Å². The maximum absolute atomic E-state index is 11.5. The number of aliphatic hydroxyl groups is 4. The van der Waals surface area contributed by atoms with E-state index in [1.54, 1.807) is 0 Å². The monoisotopic (exact) mass is 380 g/mol. The van der Waals surface area contributed by atoms with Gasteiger partial charge in [-0.25, -0.2) is 4.79 Å². The summed E-state index contributed by atoms with van der Waals surface area (Å²) in [6.07, 6.45) is -5.19. The fourth-order valence-electron chi connectivity index (χ4n) is 2.83. The van der Waals surface area contributed by atoms with Gasteiger partial charge in [0.25, 0.3) is 0 Å². The van der Waals surface area contributed by atoms with E-state index >= 15 is 0 Å². The predicted molar refractivity (Wildman–Crippen MR) is 85.2 cm³/mol. The summed E-state index contributed by atoms with van der Waals surface area (Å²) >= 11 is 0. The zero-order valence-corrected chi connectivity index (χ0v) is 14.7. The van der Waals surface area contributed by atoms with E-state index in [4.69, 9.17) is 28.8 Å². The Morgan fingerprint density at radius 3 is 2.46 bits per heavy atom. The first-order chi connectivity index (χ1) is 12.4. The van der Waals surface area contributed by atoms with Gasteiger partial charge in [0.05, 0.1) is 32.0 Å². The predicted octanol–water partition coefficient (Wildman–Crippen LogP) is -1.09. The van der Waals surface area contributed by atoms with Crippen LogP contribution in [0.4, 0.5) is 4.79 Å². The molecular weight excluding hydrogens is 352 g/mol. The van der Waals surface area contributed by atoms with Crippen molar-refractivity contribution in [3.63, 3.8) is 0 Å². The molecular formula is C16H28O10. The molecule has 152 valence electrons. The topological polar surface area (TPSA) is 144 Å². The molecule has 2 aliphatic heterocycles. The first-order valence-corrected chi connectivity index (χ1v) is 8.79. The van der Waals surface area contributed by atoms with Crippen LogP contribution in [-0.4, -0.2) is 95.9 Å². The maximum Gasteiger partial charge on any atom is 0.508 e. The third-order valence-corrected chi connectivity index (χ3v) is 4.35. The van der Waals surface area contributed by atoms with E-state index < -0.39 is 43.5 Å². The summed E-state index contributed by atoms with van der Waals surface area (Å²) in [6.45, 7) is 1.71. The van der Waals surface area contributed by atoms with Crippen LogP contribution >= 0.6 is 0 Å². The van der Waals surface area contributed by atoms with Gasteiger partial charge in [-0.2, -0.15) is 0 Å². The lowest BCUT2D eigenvalue weighted by molar-refractivity contribution is -0.301. The van der Waals surface area contributed by atoms with Gasteiger partial charge in [0.15, 0.2) is 6.29 Å². The average Bonchev–Trinajstić information content (AvgIpc) is 3.04. The van der Waals surface area contributed by atoms with E-state index in [0.29, 0.717) is 6.42 Å². The molecule has 0 bridgehead atoms. The molecule has 2 saturated heterocycles. The van der Waals surface area contributed by atoms with Gasteiger partial charge in [-0.05, 0) is 19.8 Å². The Balaban J connectivity index is 1.56. The van der Waals surface area contributed by atoms with Crippen LogP contribution in [0, 0.1) is 0 Å². The number of hydrogen-bond acceptors (Lipinski definition) is 10. The number of hydrogen-bond donors (Lipinski definition) is 4. The minimum absolute atomic E-state index is 0.0399. The lowest BCUT2D eigenvalue weighted by Crippen LogP contribution is -2.59.